The van der Waals surface area contributed by atoms with E-state index in [0.29, 0.717) is 19.4 Å². The Labute approximate surface area is 456 Å². The number of aliphatic hydroxyl groups excluding tert-OH is 2. The van der Waals surface area contributed by atoms with Gasteiger partial charge < -0.3 is 20.3 Å². The number of hydrogen-bond donors (Lipinski definition) is 3. The Kier molecular flexibility index (Phi) is 61.4. The standard InChI is InChI=1S/C67H129NO5/c1-3-5-7-9-11-13-15-17-19-29-33-37-41-45-49-53-57-61-67(72)73-62-58-54-50-46-42-38-34-31-28-26-24-22-20-21-23-25-27-30-32-36-40-44-48-52-56-60-66(71)68-64(63-69)65(70)59-55-51-47-43-39-35-18-16-14-12-10-8-6-4-2/h17,19,55,59,64-65,69-70H,3-16,18,20-54,56-58,60-63H2,1-2H3,(H,68,71)/b19-17-,59-55+. The second-order valence-corrected chi connectivity index (χ2v) is 22.8. The number of unbranched alkanes of at least 4 members (excludes halogenated alkanes) is 49. The van der Waals surface area contributed by atoms with Crippen LogP contribution in [0.3, 0.4) is 0 Å². The highest BCUT2D eigenvalue weighted by Gasteiger charge is 2.18. The lowest BCUT2D eigenvalue weighted by atomic mass is 10.0. The SMILES string of the molecule is CCCCCCCC/C=C\CCCCCCCCCC(=O)OCCCCCCCCCCCCCCCCCCCCCCCCCCCC(=O)NC(CO)C(O)/C=C/CCCCCCCCCCCCCC. The summed E-state index contributed by atoms with van der Waals surface area (Å²) >= 11 is 0. The molecule has 2 atom stereocenters. The van der Waals surface area contributed by atoms with E-state index in [9.17, 15) is 19.8 Å². The Morgan fingerprint density at radius 3 is 0.973 bits per heavy atom. The molecule has 1 amide bonds. The fourth-order valence-electron chi connectivity index (χ4n) is 10.4. The zero-order valence-corrected chi connectivity index (χ0v) is 49.4. The van der Waals surface area contributed by atoms with Gasteiger partial charge in [-0.1, -0.05) is 321 Å². The minimum Gasteiger partial charge on any atom is -0.466 e. The Balaban J connectivity index is 3.36. The van der Waals surface area contributed by atoms with E-state index in [4.69, 9.17) is 4.74 Å². The topological polar surface area (TPSA) is 95.9 Å². The zero-order chi connectivity index (χ0) is 52.9. The summed E-state index contributed by atoms with van der Waals surface area (Å²) in [5.41, 5.74) is 0. The average Bonchev–Trinajstić information content (AvgIpc) is 3.39. The number of carbonyl (C=O) groups is 2. The lowest BCUT2D eigenvalue weighted by molar-refractivity contribution is -0.143. The maximum absolute atomic E-state index is 12.5. The average molecular weight is 1030 g/mol. The van der Waals surface area contributed by atoms with Gasteiger partial charge >= 0.3 is 5.97 Å². The summed E-state index contributed by atoms with van der Waals surface area (Å²) in [5.74, 6) is -0.0515. The number of hydrogen-bond acceptors (Lipinski definition) is 5. The number of aliphatic hydroxyl groups is 2. The van der Waals surface area contributed by atoms with Crippen molar-refractivity contribution in [1.29, 1.82) is 0 Å². The summed E-state index contributed by atoms with van der Waals surface area (Å²) in [6, 6.07) is -0.626. The van der Waals surface area contributed by atoms with Crippen LogP contribution in [0.4, 0.5) is 0 Å². The maximum atomic E-state index is 12.5. The highest BCUT2D eigenvalue weighted by atomic mass is 16.5. The molecule has 73 heavy (non-hydrogen) atoms. The molecule has 0 radical (unpaired) electrons. The number of ether oxygens (including phenoxy) is 1. The van der Waals surface area contributed by atoms with Crippen LogP contribution in [0.2, 0.25) is 0 Å². The highest BCUT2D eigenvalue weighted by molar-refractivity contribution is 5.76. The van der Waals surface area contributed by atoms with Crippen molar-refractivity contribution >= 4 is 11.9 Å². The monoisotopic (exact) mass is 1030 g/mol. The molecule has 0 aliphatic carbocycles. The summed E-state index contributed by atoms with van der Waals surface area (Å²) < 4.78 is 5.50. The third-order valence-electron chi connectivity index (χ3n) is 15.5. The summed E-state index contributed by atoms with van der Waals surface area (Å²) in [6.07, 6.45) is 78.1. The van der Waals surface area contributed by atoms with Crippen molar-refractivity contribution in [3.8, 4) is 0 Å². The minimum absolute atomic E-state index is 0.0131. The minimum atomic E-state index is -0.842. The van der Waals surface area contributed by atoms with Crippen molar-refractivity contribution in [3.05, 3.63) is 24.3 Å². The molecule has 0 fully saturated rings. The zero-order valence-electron chi connectivity index (χ0n) is 49.4. The first kappa shape index (κ1) is 71.3. The van der Waals surface area contributed by atoms with Crippen LogP contribution in [0.15, 0.2) is 24.3 Å². The van der Waals surface area contributed by atoms with E-state index >= 15 is 0 Å². The molecule has 0 aliphatic heterocycles. The highest BCUT2D eigenvalue weighted by Crippen LogP contribution is 2.18. The molecule has 3 N–H and O–H groups in total. The van der Waals surface area contributed by atoms with Crippen molar-refractivity contribution in [2.45, 2.75) is 379 Å². The molecular formula is C67H129NO5. The molecule has 0 bridgehead atoms. The van der Waals surface area contributed by atoms with Crippen molar-refractivity contribution in [1.82, 2.24) is 5.32 Å². The molecule has 0 saturated carbocycles. The van der Waals surface area contributed by atoms with E-state index in [-0.39, 0.29) is 18.5 Å². The number of rotatable bonds is 62. The Bertz CT molecular complexity index is 1140. The van der Waals surface area contributed by atoms with Crippen LogP contribution in [-0.4, -0.2) is 47.4 Å². The molecule has 0 rings (SSSR count). The van der Waals surface area contributed by atoms with Crippen LogP contribution in [0.5, 0.6) is 0 Å². The second kappa shape index (κ2) is 62.9. The van der Waals surface area contributed by atoms with Crippen LogP contribution in [0, 0.1) is 0 Å². The molecule has 0 aliphatic rings. The first-order chi connectivity index (χ1) is 36.0. The van der Waals surface area contributed by atoms with E-state index in [0.717, 1.165) is 44.9 Å². The van der Waals surface area contributed by atoms with Crippen molar-refractivity contribution < 1.29 is 24.5 Å². The molecule has 6 nitrogen and oxygen atoms in total. The third-order valence-corrected chi connectivity index (χ3v) is 15.5. The molecule has 0 aromatic rings. The van der Waals surface area contributed by atoms with E-state index in [1.807, 2.05) is 6.08 Å². The second-order valence-electron chi connectivity index (χ2n) is 22.8. The fraction of sp³-hybridized carbons (Fsp3) is 0.910. The predicted octanol–water partition coefficient (Wildman–Crippen LogP) is 21.0. The van der Waals surface area contributed by atoms with Crippen molar-refractivity contribution in [2.75, 3.05) is 13.2 Å². The molecule has 0 saturated heterocycles. The first-order valence-corrected chi connectivity index (χ1v) is 33.1. The molecule has 2 unspecified atom stereocenters. The van der Waals surface area contributed by atoms with Gasteiger partial charge in [0.05, 0.1) is 25.4 Å². The Morgan fingerprint density at radius 1 is 0.370 bits per heavy atom. The summed E-state index contributed by atoms with van der Waals surface area (Å²) in [4.78, 5) is 24.6. The van der Waals surface area contributed by atoms with Gasteiger partial charge in [-0.05, 0) is 57.8 Å². The molecule has 0 spiro atoms. The first-order valence-electron chi connectivity index (χ1n) is 33.1. The van der Waals surface area contributed by atoms with Gasteiger partial charge in [0.15, 0.2) is 0 Å². The number of carbonyl (C=O) groups excluding carboxylic acids is 2. The van der Waals surface area contributed by atoms with Crippen LogP contribution in [-0.2, 0) is 14.3 Å². The molecule has 0 heterocycles. The predicted molar refractivity (Wildman–Crippen MR) is 320 cm³/mol. The van der Waals surface area contributed by atoms with Crippen LogP contribution in [0.1, 0.15) is 367 Å². The van der Waals surface area contributed by atoms with Gasteiger partial charge in [0.2, 0.25) is 5.91 Å². The van der Waals surface area contributed by atoms with E-state index in [1.54, 1.807) is 6.08 Å². The van der Waals surface area contributed by atoms with Crippen molar-refractivity contribution in [3.63, 3.8) is 0 Å². The Morgan fingerprint density at radius 2 is 0.644 bits per heavy atom. The third kappa shape index (κ3) is 59.4. The smallest absolute Gasteiger partial charge is 0.305 e. The maximum Gasteiger partial charge on any atom is 0.305 e. The van der Waals surface area contributed by atoms with Crippen LogP contribution in [0.25, 0.3) is 0 Å². The van der Waals surface area contributed by atoms with Gasteiger partial charge in [-0.15, -0.1) is 0 Å². The van der Waals surface area contributed by atoms with Crippen LogP contribution >= 0.6 is 0 Å². The molecule has 0 aromatic carbocycles. The lowest BCUT2D eigenvalue weighted by Crippen LogP contribution is -2.45. The largest absolute Gasteiger partial charge is 0.466 e. The summed E-state index contributed by atoms with van der Waals surface area (Å²) in [5, 5.41) is 23.1. The number of allylic oxidation sites excluding steroid dienone is 3. The quantitative estimate of drug-likeness (QED) is 0.0320. The van der Waals surface area contributed by atoms with E-state index in [2.05, 4.69) is 31.3 Å². The molecular weight excluding hydrogens is 899 g/mol. The van der Waals surface area contributed by atoms with Gasteiger partial charge in [0, 0.05) is 12.8 Å². The number of amides is 1. The normalized spacial score (nSPS) is 12.7. The molecule has 6 heteroatoms. The summed E-state index contributed by atoms with van der Waals surface area (Å²) in [6.45, 7) is 4.92. The lowest BCUT2D eigenvalue weighted by Gasteiger charge is -2.20. The molecule has 0 aromatic heterocycles. The number of esters is 1. The summed E-state index contributed by atoms with van der Waals surface area (Å²) in [7, 11) is 0. The number of nitrogens with one attached hydrogen (secondary N) is 1. The van der Waals surface area contributed by atoms with Gasteiger partial charge in [-0.2, -0.15) is 0 Å². The van der Waals surface area contributed by atoms with Gasteiger partial charge in [0.25, 0.3) is 0 Å². The van der Waals surface area contributed by atoms with Gasteiger partial charge in [0.1, 0.15) is 0 Å². The van der Waals surface area contributed by atoms with Crippen LogP contribution < -0.4 is 5.32 Å². The van der Waals surface area contributed by atoms with Crippen molar-refractivity contribution in [2.24, 2.45) is 0 Å². The van der Waals surface area contributed by atoms with Gasteiger partial charge in [-0.3, -0.25) is 9.59 Å². The van der Waals surface area contributed by atoms with Gasteiger partial charge in [-0.25, -0.2) is 0 Å². The van der Waals surface area contributed by atoms with E-state index < -0.39 is 12.1 Å². The van der Waals surface area contributed by atoms with E-state index in [1.165, 1.54) is 295 Å². The Hall–Kier alpha value is -1.66. The fourth-order valence-corrected chi connectivity index (χ4v) is 10.4. The molecule has 432 valence electrons.